The van der Waals surface area contributed by atoms with E-state index in [1.54, 1.807) is 0 Å². The Kier molecular flexibility index (Phi) is 3.57. The third kappa shape index (κ3) is 2.61. The SMILES string of the molecule is O=C1CCCCN1Cc1cccc(CO)c1. The molecule has 1 amide bonds. The lowest BCUT2D eigenvalue weighted by Crippen LogP contribution is -2.34. The number of aliphatic hydroxyl groups is 1. The lowest BCUT2D eigenvalue weighted by Gasteiger charge is -2.26. The summed E-state index contributed by atoms with van der Waals surface area (Å²) in [7, 11) is 0. The van der Waals surface area contributed by atoms with Crippen molar-refractivity contribution in [1.29, 1.82) is 0 Å². The van der Waals surface area contributed by atoms with Gasteiger partial charge in [0, 0.05) is 19.5 Å². The normalized spacial score (nSPS) is 16.6. The van der Waals surface area contributed by atoms with Crippen LogP contribution in [-0.2, 0) is 17.9 Å². The molecule has 0 unspecified atom stereocenters. The van der Waals surface area contributed by atoms with E-state index in [9.17, 15) is 4.79 Å². The van der Waals surface area contributed by atoms with Gasteiger partial charge in [0.05, 0.1) is 6.61 Å². The summed E-state index contributed by atoms with van der Waals surface area (Å²) in [4.78, 5) is 13.5. The monoisotopic (exact) mass is 219 g/mol. The highest BCUT2D eigenvalue weighted by Crippen LogP contribution is 2.15. The minimum Gasteiger partial charge on any atom is -0.392 e. The van der Waals surface area contributed by atoms with E-state index in [1.807, 2.05) is 29.2 Å². The number of likely N-dealkylation sites (tertiary alicyclic amines) is 1. The molecule has 0 aromatic heterocycles. The van der Waals surface area contributed by atoms with Gasteiger partial charge in [-0.05, 0) is 24.0 Å². The Hall–Kier alpha value is -1.35. The van der Waals surface area contributed by atoms with Gasteiger partial charge in [0.2, 0.25) is 5.91 Å². The number of piperidine rings is 1. The molecule has 0 bridgehead atoms. The van der Waals surface area contributed by atoms with Crippen LogP contribution >= 0.6 is 0 Å². The summed E-state index contributed by atoms with van der Waals surface area (Å²) in [6.45, 7) is 1.59. The molecule has 3 heteroatoms. The van der Waals surface area contributed by atoms with Crippen molar-refractivity contribution in [1.82, 2.24) is 4.90 Å². The highest BCUT2D eigenvalue weighted by molar-refractivity contribution is 5.76. The maximum atomic E-state index is 11.6. The average Bonchev–Trinajstić information content (AvgIpc) is 2.32. The summed E-state index contributed by atoms with van der Waals surface area (Å²) in [6.07, 6.45) is 2.80. The van der Waals surface area contributed by atoms with Gasteiger partial charge < -0.3 is 10.0 Å². The van der Waals surface area contributed by atoms with E-state index in [1.165, 1.54) is 0 Å². The first-order chi connectivity index (χ1) is 7.79. The van der Waals surface area contributed by atoms with Crippen LogP contribution in [0.4, 0.5) is 0 Å². The third-order valence-corrected chi connectivity index (χ3v) is 2.97. The Morgan fingerprint density at radius 1 is 1.25 bits per heavy atom. The van der Waals surface area contributed by atoms with Crippen molar-refractivity contribution in [3.8, 4) is 0 Å². The van der Waals surface area contributed by atoms with Crippen molar-refractivity contribution in [2.24, 2.45) is 0 Å². The predicted molar refractivity (Wildman–Crippen MR) is 61.6 cm³/mol. The highest BCUT2D eigenvalue weighted by Gasteiger charge is 2.17. The van der Waals surface area contributed by atoms with Crippen LogP contribution < -0.4 is 0 Å². The zero-order valence-corrected chi connectivity index (χ0v) is 9.35. The molecular weight excluding hydrogens is 202 g/mol. The zero-order chi connectivity index (χ0) is 11.4. The highest BCUT2D eigenvalue weighted by atomic mass is 16.3. The third-order valence-electron chi connectivity index (χ3n) is 2.97. The minimum atomic E-state index is 0.0573. The summed E-state index contributed by atoms with van der Waals surface area (Å²) in [5, 5.41) is 9.04. The molecular formula is C13H17NO2. The fourth-order valence-electron chi connectivity index (χ4n) is 2.08. The number of carbonyl (C=O) groups is 1. The van der Waals surface area contributed by atoms with Crippen LogP contribution in [-0.4, -0.2) is 22.5 Å². The second kappa shape index (κ2) is 5.12. The molecule has 0 saturated carbocycles. The number of carbonyl (C=O) groups excluding carboxylic acids is 1. The van der Waals surface area contributed by atoms with Crippen LogP contribution in [0, 0.1) is 0 Å². The molecule has 3 nitrogen and oxygen atoms in total. The van der Waals surface area contributed by atoms with Crippen LogP contribution in [0.15, 0.2) is 24.3 Å². The van der Waals surface area contributed by atoms with Crippen LogP contribution in [0.5, 0.6) is 0 Å². The van der Waals surface area contributed by atoms with E-state index in [0.29, 0.717) is 13.0 Å². The predicted octanol–water partition coefficient (Wildman–Crippen LogP) is 1.69. The first-order valence-corrected chi connectivity index (χ1v) is 5.76. The van der Waals surface area contributed by atoms with Gasteiger partial charge in [0.15, 0.2) is 0 Å². The maximum Gasteiger partial charge on any atom is 0.222 e. The first kappa shape index (κ1) is 11.1. The molecule has 86 valence electrons. The molecule has 1 heterocycles. The number of hydrogen-bond acceptors (Lipinski definition) is 2. The molecule has 1 fully saturated rings. The number of benzene rings is 1. The van der Waals surface area contributed by atoms with Gasteiger partial charge >= 0.3 is 0 Å². The molecule has 1 aliphatic heterocycles. The molecule has 0 aliphatic carbocycles. The number of rotatable bonds is 3. The Bertz CT molecular complexity index is 376. The van der Waals surface area contributed by atoms with E-state index in [-0.39, 0.29) is 12.5 Å². The summed E-state index contributed by atoms with van der Waals surface area (Å²) in [6, 6.07) is 7.78. The zero-order valence-electron chi connectivity index (χ0n) is 9.35. The van der Waals surface area contributed by atoms with Gasteiger partial charge in [-0.25, -0.2) is 0 Å². The quantitative estimate of drug-likeness (QED) is 0.840. The standard InChI is InChI=1S/C13H17NO2/c15-10-12-5-3-4-11(8-12)9-14-7-2-1-6-13(14)16/h3-5,8,15H,1-2,6-7,9-10H2. The minimum absolute atomic E-state index is 0.0573. The number of nitrogens with zero attached hydrogens (tertiary/aromatic N) is 1. The van der Waals surface area contributed by atoms with Crippen molar-refractivity contribution in [3.63, 3.8) is 0 Å². The summed E-state index contributed by atoms with van der Waals surface area (Å²) < 4.78 is 0. The molecule has 1 saturated heterocycles. The van der Waals surface area contributed by atoms with E-state index in [4.69, 9.17) is 5.11 Å². The van der Waals surface area contributed by atoms with Crippen LogP contribution in [0.25, 0.3) is 0 Å². The second-order valence-electron chi connectivity index (χ2n) is 4.25. The van der Waals surface area contributed by atoms with Crippen molar-refractivity contribution in [2.45, 2.75) is 32.4 Å². The molecule has 1 aliphatic rings. The fourth-order valence-corrected chi connectivity index (χ4v) is 2.08. The van der Waals surface area contributed by atoms with Crippen LogP contribution in [0.2, 0.25) is 0 Å². The van der Waals surface area contributed by atoms with Gasteiger partial charge in [-0.3, -0.25) is 4.79 Å². The second-order valence-corrected chi connectivity index (χ2v) is 4.25. The first-order valence-electron chi connectivity index (χ1n) is 5.76. The van der Waals surface area contributed by atoms with Crippen molar-refractivity contribution in [3.05, 3.63) is 35.4 Å². The smallest absolute Gasteiger partial charge is 0.222 e. The van der Waals surface area contributed by atoms with Crippen molar-refractivity contribution in [2.75, 3.05) is 6.54 Å². The molecule has 1 aromatic carbocycles. The number of amides is 1. The lowest BCUT2D eigenvalue weighted by molar-refractivity contribution is -0.133. The summed E-state index contributed by atoms with van der Waals surface area (Å²) >= 11 is 0. The number of aliphatic hydroxyl groups excluding tert-OH is 1. The van der Waals surface area contributed by atoms with Gasteiger partial charge in [-0.1, -0.05) is 24.3 Å². The van der Waals surface area contributed by atoms with Gasteiger partial charge in [0.1, 0.15) is 0 Å². The van der Waals surface area contributed by atoms with Gasteiger partial charge in [-0.15, -0.1) is 0 Å². The Morgan fingerprint density at radius 3 is 2.81 bits per heavy atom. The van der Waals surface area contributed by atoms with Crippen molar-refractivity contribution < 1.29 is 9.90 Å². The summed E-state index contributed by atoms with van der Waals surface area (Å²) in [5.74, 6) is 0.251. The van der Waals surface area contributed by atoms with E-state index < -0.39 is 0 Å². The molecule has 16 heavy (non-hydrogen) atoms. The molecule has 1 aromatic rings. The van der Waals surface area contributed by atoms with E-state index >= 15 is 0 Å². The average molecular weight is 219 g/mol. The van der Waals surface area contributed by atoms with Crippen LogP contribution in [0.3, 0.4) is 0 Å². The Balaban J connectivity index is 2.04. The maximum absolute atomic E-state index is 11.6. The van der Waals surface area contributed by atoms with E-state index in [0.717, 1.165) is 30.5 Å². The lowest BCUT2D eigenvalue weighted by atomic mass is 10.1. The van der Waals surface area contributed by atoms with Crippen LogP contribution in [0.1, 0.15) is 30.4 Å². The molecule has 2 rings (SSSR count). The Morgan fingerprint density at radius 2 is 2.06 bits per heavy atom. The fraction of sp³-hybridized carbons (Fsp3) is 0.462. The molecule has 0 spiro atoms. The number of hydrogen-bond donors (Lipinski definition) is 1. The molecule has 0 atom stereocenters. The molecule has 0 radical (unpaired) electrons. The molecule has 1 N–H and O–H groups in total. The topological polar surface area (TPSA) is 40.5 Å². The van der Waals surface area contributed by atoms with E-state index in [2.05, 4.69) is 0 Å². The van der Waals surface area contributed by atoms with Crippen molar-refractivity contribution >= 4 is 5.91 Å². The largest absolute Gasteiger partial charge is 0.392 e. The summed E-state index contributed by atoms with van der Waals surface area (Å²) in [5.41, 5.74) is 2.00. The van der Waals surface area contributed by atoms with Gasteiger partial charge in [-0.2, -0.15) is 0 Å². The Labute approximate surface area is 95.7 Å². The van der Waals surface area contributed by atoms with Gasteiger partial charge in [0.25, 0.3) is 0 Å².